The Morgan fingerprint density at radius 2 is 1.89 bits per heavy atom. The summed E-state index contributed by atoms with van der Waals surface area (Å²) in [5.74, 6) is 1.65. The van der Waals surface area contributed by atoms with Crippen molar-refractivity contribution < 1.29 is 9.15 Å². The van der Waals surface area contributed by atoms with E-state index in [1.54, 1.807) is 6.26 Å². The van der Waals surface area contributed by atoms with Crippen molar-refractivity contribution in [2.24, 2.45) is 5.73 Å². The van der Waals surface area contributed by atoms with Crippen molar-refractivity contribution in [3.05, 3.63) is 66.1 Å². The minimum absolute atomic E-state index is 0.411. The van der Waals surface area contributed by atoms with Gasteiger partial charge < -0.3 is 14.9 Å². The van der Waals surface area contributed by atoms with Crippen LogP contribution in [0.5, 0.6) is 5.75 Å². The average Bonchev–Trinajstić information content (AvgIpc) is 2.93. The van der Waals surface area contributed by atoms with Crippen LogP contribution in [0.25, 0.3) is 10.8 Å². The molecule has 0 bridgehead atoms. The Bertz CT molecular complexity index is 683. The minimum Gasteiger partial charge on any atom is -0.485 e. The molecule has 0 unspecified atom stereocenters. The van der Waals surface area contributed by atoms with Crippen LogP contribution in [-0.2, 0) is 13.2 Å². The Hall–Kier alpha value is -2.26. The molecule has 1 aromatic heterocycles. The molecule has 0 radical (unpaired) electrons. The van der Waals surface area contributed by atoms with E-state index in [9.17, 15) is 0 Å². The first-order chi connectivity index (χ1) is 9.36. The standard InChI is InChI=1S/C16H15NO2/c17-9-12-8-14(18-10-12)11-19-16-7-3-5-13-4-1-2-6-15(13)16/h1-8,10H,9,11,17H2. The zero-order chi connectivity index (χ0) is 13.1. The van der Waals surface area contributed by atoms with Crippen LogP contribution >= 0.6 is 0 Å². The Morgan fingerprint density at radius 1 is 1.05 bits per heavy atom. The number of hydrogen-bond donors (Lipinski definition) is 1. The van der Waals surface area contributed by atoms with Crippen molar-refractivity contribution in [3.63, 3.8) is 0 Å². The fraction of sp³-hybridized carbons (Fsp3) is 0.125. The van der Waals surface area contributed by atoms with E-state index in [2.05, 4.69) is 18.2 Å². The van der Waals surface area contributed by atoms with Crippen molar-refractivity contribution in [3.8, 4) is 5.75 Å². The van der Waals surface area contributed by atoms with Crippen LogP contribution in [0.3, 0.4) is 0 Å². The summed E-state index contributed by atoms with van der Waals surface area (Å²) in [6, 6.07) is 16.1. The molecule has 0 amide bonds. The summed E-state index contributed by atoms with van der Waals surface area (Å²) in [4.78, 5) is 0. The van der Waals surface area contributed by atoms with E-state index in [1.165, 1.54) is 5.39 Å². The summed E-state index contributed by atoms with van der Waals surface area (Å²) in [5, 5.41) is 2.28. The van der Waals surface area contributed by atoms with Crippen LogP contribution in [0.1, 0.15) is 11.3 Å². The molecular formula is C16H15NO2. The largest absolute Gasteiger partial charge is 0.485 e. The van der Waals surface area contributed by atoms with Gasteiger partial charge in [0.25, 0.3) is 0 Å². The zero-order valence-electron chi connectivity index (χ0n) is 10.5. The van der Waals surface area contributed by atoms with Gasteiger partial charge in [-0.05, 0) is 17.5 Å². The smallest absolute Gasteiger partial charge is 0.146 e. The first-order valence-corrected chi connectivity index (χ1v) is 6.24. The minimum atomic E-state index is 0.411. The van der Waals surface area contributed by atoms with Crippen LogP contribution < -0.4 is 10.5 Å². The van der Waals surface area contributed by atoms with Crippen LogP contribution in [0, 0.1) is 0 Å². The summed E-state index contributed by atoms with van der Waals surface area (Å²) in [5.41, 5.74) is 6.53. The predicted molar refractivity (Wildman–Crippen MR) is 74.9 cm³/mol. The lowest BCUT2D eigenvalue weighted by molar-refractivity contribution is 0.273. The van der Waals surface area contributed by atoms with Crippen molar-refractivity contribution in [1.82, 2.24) is 0 Å². The third-order valence-electron chi connectivity index (χ3n) is 3.06. The lowest BCUT2D eigenvalue weighted by Gasteiger charge is -2.07. The molecule has 0 fully saturated rings. The molecule has 1 heterocycles. The normalized spacial score (nSPS) is 10.8. The number of hydrogen-bond acceptors (Lipinski definition) is 3. The molecule has 0 saturated heterocycles. The summed E-state index contributed by atoms with van der Waals surface area (Å²) >= 11 is 0. The van der Waals surface area contributed by atoms with Gasteiger partial charge in [-0.15, -0.1) is 0 Å². The van der Waals surface area contributed by atoms with Crippen molar-refractivity contribution in [1.29, 1.82) is 0 Å². The SMILES string of the molecule is NCc1coc(COc2cccc3ccccc23)c1. The summed E-state index contributed by atoms with van der Waals surface area (Å²) < 4.78 is 11.2. The molecule has 0 aliphatic heterocycles. The molecule has 19 heavy (non-hydrogen) atoms. The van der Waals surface area contributed by atoms with Crippen molar-refractivity contribution in [2.75, 3.05) is 0 Å². The lowest BCUT2D eigenvalue weighted by Crippen LogP contribution is -1.95. The topological polar surface area (TPSA) is 48.4 Å². The first kappa shape index (κ1) is 11.8. The lowest BCUT2D eigenvalue weighted by atomic mass is 10.1. The van der Waals surface area contributed by atoms with Crippen molar-refractivity contribution >= 4 is 10.8 Å². The van der Waals surface area contributed by atoms with Gasteiger partial charge in [0, 0.05) is 17.5 Å². The molecule has 3 nitrogen and oxygen atoms in total. The number of rotatable bonds is 4. The summed E-state index contributed by atoms with van der Waals surface area (Å²) in [6.45, 7) is 0.895. The van der Waals surface area contributed by atoms with Gasteiger partial charge in [0.2, 0.25) is 0 Å². The van der Waals surface area contributed by atoms with Crippen LogP contribution in [-0.4, -0.2) is 0 Å². The van der Waals surface area contributed by atoms with Gasteiger partial charge in [-0.1, -0.05) is 36.4 Å². The Labute approximate surface area is 111 Å². The number of benzene rings is 2. The third kappa shape index (κ3) is 2.46. The Morgan fingerprint density at radius 3 is 2.74 bits per heavy atom. The zero-order valence-corrected chi connectivity index (χ0v) is 10.5. The van der Waals surface area contributed by atoms with E-state index < -0.39 is 0 Å². The van der Waals surface area contributed by atoms with E-state index in [1.807, 2.05) is 30.3 Å². The average molecular weight is 253 g/mol. The molecule has 2 aromatic carbocycles. The summed E-state index contributed by atoms with van der Waals surface area (Å²) in [7, 11) is 0. The maximum absolute atomic E-state index is 5.83. The van der Waals surface area contributed by atoms with Crippen LogP contribution in [0.4, 0.5) is 0 Å². The highest BCUT2D eigenvalue weighted by atomic mass is 16.5. The molecule has 0 atom stereocenters. The quantitative estimate of drug-likeness (QED) is 0.774. The molecule has 0 spiro atoms. The molecular weight excluding hydrogens is 238 g/mol. The third-order valence-corrected chi connectivity index (χ3v) is 3.06. The van der Waals surface area contributed by atoms with Gasteiger partial charge in [0.15, 0.2) is 0 Å². The van der Waals surface area contributed by atoms with E-state index >= 15 is 0 Å². The number of ether oxygens (including phenoxy) is 1. The molecule has 0 aliphatic carbocycles. The van der Waals surface area contributed by atoms with Crippen LogP contribution in [0.15, 0.2) is 59.2 Å². The molecule has 3 heteroatoms. The van der Waals surface area contributed by atoms with E-state index in [0.717, 1.165) is 22.5 Å². The second-order valence-corrected chi connectivity index (χ2v) is 4.39. The molecule has 2 N–H and O–H groups in total. The van der Waals surface area contributed by atoms with Gasteiger partial charge in [0.1, 0.15) is 18.1 Å². The second kappa shape index (κ2) is 5.16. The Kier molecular flexibility index (Phi) is 3.21. The first-order valence-electron chi connectivity index (χ1n) is 6.24. The fourth-order valence-electron chi connectivity index (χ4n) is 2.08. The number of furan rings is 1. The molecule has 96 valence electrons. The van der Waals surface area contributed by atoms with Crippen LogP contribution in [0.2, 0.25) is 0 Å². The van der Waals surface area contributed by atoms with E-state index in [0.29, 0.717) is 13.2 Å². The van der Waals surface area contributed by atoms with Gasteiger partial charge in [-0.3, -0.25) is 0 Å². The maximum atomic E-state index is 5.83. The number of nitrogens with two attached hydrogens (primary N) is 1. The van der Waals surface area contributed by atoms with Crippen molar-refractivity contribution in [2.45, 2.75) is 13.2 Å². The monoisotopic (exact) mass is 253 g/mol. The van der Waals surface area contributed by atoms with Gasteiger partial charge in [0.05, 0.1) is 6.26 Å². The van der Waals surface area contributed by atoms with Gasteiger partial charge in [-0.25, -0.2) is 0 Å². The fourth-order valence-corrected chi connectivity index (χ4v) is 2.08. The van der Waals surface area contributed by atoms with Gasteiger partial charge >= 0.3 is 0 Å². The second-order valence-electron chi connectivity index (χ2n) is 4.39. The molecule has 3 aromatic rings. The highest BCUT2D eigenvalue weighted by Gasteiger charge is 2.04. The maximum Gasteiger partial charge on any atom is 0.146 e. The predicted octanol–water partition coefficient (Wildman–Crippen LogP) is 3.47. The molecule has 0 saturated carbocycles. The van der Waals surface area contributed by atoms with E-state index in [-0.39, 0.29) is 0 Å². The molecule has 3 rings (SSSR count). The highest BCUT2D eigenvalue weighted by Crippen LogP contribution is 2.26. The highest BCUT2D eigenvalue weighted by molar-refractivity contribution is 5.88. The van der Waals surface area contributed by atoms with E-state index in [4.69, 9.17) is 14.9 Å². The van der Waals surface area contributed by atoms with Gasteiger partial charge in [-0.2, -0.15) is 0 Å². The Balaban J connectivity index is 1.81. The molecule has 0 aliphatic rings. The number of fused-ring (bicyclic) bond motifs is 1. The summed E-state index contributed by atoms with van der Waals surface area (Å²) in [6.07, 6.45) is 1.67.